The summed E-state index contributed by atoms with van der Waals surface area (Å²) in [6.07, 6.45) is 13.0. The topological polar surface area (TPSA) is 20.3 Å². The molecule has 0 spiro atoms. The fourth-order valence-electron chi connectivity index (χ4n) is 3.29. The number of carbonyl (C=O) groups excluding carboxylic acids is 1. The van der Waals surface area contributed by atoms with Gasteiger partial charge < -0.3 is 4.90 Å². The Kier molecular flexibility index (Phi) is 2.15. The van der Waals surface area contributed by atoms with Crippen molar-refractivity contribution in [1.82, 2.24) is 4.90 Å². The average molecular weight is 203 g/mol. The van der Waals surface area contributed by atoms with Gasteiger partial charge in [0.25, 0.3) is 0 Å². The van der Waals surface area contributed by atoms with Crippen LogP contribution in [-0.2, 0) is 4.79 Å². The van der Waals surface area contributed by atoms with E-state index in [9.17, 15) is 4.79 Å². The van der Waals surface area contributed by atoms with E-state index in [0.29, 0.717) is 17.7 Å². The number of hydrogen-bond acceptors (Lipinski definition) is 2. The number of carbonyl (C=O) groups is 1. The number of ketones is 1. The van der Waals surface area contributed by atoms with Crippen LogP contribution >= 0.6 is 0 Å². The van der Waals surface area contributed by atoms with Crippen LogP contribution in [0.5, 0.6) is 0 Å². The van der Waals surface area contributed by atoms with Gasteiger partial charge in [-0.1, -0.05) is 12.2 Å². The number of rotatable bonds is 0. The summed E-state index contributed by atoms with van der Waals surface area (Å²) in [5.74, 6) is 1.76. The first-order valence-corrected chi connectivity index (χ1v) is 5.98. The summed E-state index contributed by atoms with van der Waals surface area (Å²) in [4.78, 5) is 13.8. The Morgan fingerprint density at radius 3 is 3.20 bits per heavy atom. The molecule has 2 heterocycles. The van der Waals surface area contributed by atoms with Crippen molar-refractivity contribution in [2.45, 2.75) is 31.7 Å². The van der Waals surface area contributed by atoms with Gasteiger partial charge in [0.05, 0.1) is 0 Å². The van der Waals surface area contributed by atoms with Crippen molar-refractivity contribution in [3.05, 3.63) is 24.4 Å². The summed E-state index contributed by atoms with van der Waals surface area (Å²) in [5.41, 5.74) is 0. The van der Waals surface area contributed by atoms with Gasteiger partial charge in [-0.2, -0.15) is 0 Å². The summed E-state index contributed by atoms with van der Waals surface area (Å²) >= 11 is 0. The standard InChI is InChI=1S/C13H17NO/c15-11-6-8-14-7-5-10-3-1-2-4-12(10)13(14)9-11/h2,4,6,8,10,12-13H,1,3,5,7,9H2. The maximum Gasteiger partial charge on any atom is 0.159 e. The van der Waals surface area contributed by atoms with Crippen molar-refractivity contribution < 1.29 is 4.79 Å². The van der Waals surface area contributed by atoms with Crippen LogP contribution in [-0.4, -0.2) is 23.3 Å². The maximum atomic E-state index is 11.5. The highest BCUT2D eigenvalue weighted by atomic mass is 16.1. The second-order valence-corrected chi connectivity index (χ2v) is 4.92. The highest BCUT2D eigenvalue weighted by molar-refractivity contribution is 5.90. The van der Waals surface area contributed by atoms with E-state index >= 15 is 0 Å². The lowest BCUT2D eigenvalue weighted by atomic mass is 9.72. The van der Waals surface area contributed by atoms with Crippen LogP contribution in [0.3, 0.4) is 0 Å². The molecule has 15 heavy (non-hydrogen) atoms. The van der Waals surface area contributed by atoms with Gasteiger partial charge in [0.2, 0.25) is 0 Å². The summed E-state index contributed by atoms with van der Waals surface area (Å²) in [6, 6.07) is 0.456. The maximum absolute atomic E-state index is 11.5. The predicted molar refractivity (Wildman–Crippen MR) is 59.2 cm³/mol. The van der Waals surface area contributed by atoms with Gasteiger partial charge >= 0.3 is 0 Å². The molecule has 3 aliphatic rings. The van der Waals surface area contributed by atoms with Gasteiger partial charge in [0.1, 0.15) is 0 Å². The molecule has 0 saturated carbocycles. The lowest BCUT2D eigenvalue weighted by molar-refractivity contribution is -0.117. The Hall–Kier alpha value is -1.05. The quantitative estimate of drug-likeness (QED) is 0.562. The highest BCUT2D eigenvalue weighted by Gasteiger charge is 2.38. The summed E-state index contributed by atoms with van der Waals surface area (Å²) in [5, 5.41) is 0. The third-order valence-electron chi connectivity index (χ3n) is 4.10. The van der Waals surface area contributed by atoms with Gasteiger partial charge in [0.15, 0.2) is 5.78 Å². The summed E-state index contributed by atoms with van der Waals surface area (Å²) < 4.78 is 0. The van der Waals surface area contributed by atoms with Crippen LogP contribution in [0.1, 0.15) is 25.7 Å². The van der Waals surface area contributed by atoms with E-state index in [0.717, 1.165) is 18.9 Å². The first-order valence-electron chi connectivity index (χ1n) is 5.98. The van der Waals surface area contributed by atoms with Crippen molar-refractivity contribution in [1.29, 1.82) is 0 Å². The molecule has 0 radical (unpaired) electrons. The van der Waals surface area contributed by atoms with Crippen molar-refractivity contribution in [2.24, 2.45) is 11.8 Å². The van der Waals surface area contributed by atoms with E-state index < -0.39 is 0 Å². The first kappa shape index (κ1) is 9.20. The molecule has 2 heteroatoms. The molecule has 0 aromatic carbocycles. The Labute approximate surface area is 90.6 Å². The zero-order chi connectivity index (χ0) is 10.3. The van der Waals surface area contributed by atoms with E-state index in [-0.39, 0.29) is 0 Å². The second kappa shape index (κ2) is 3.51. The second-order valence-electron chi connectivity index (χ2n) is 4.92. The molecule has 3 rings (SSSR count). The zero-order valence-electron chi connectivity index (χ0n) is 8.93. The number of allylic oxidation sites excluding steroid dienone is 2. The predicted octanol–water partition coefficient (Wildman–Crippen LogP) is 2.13. The molecule has 0 amide bonds. The fourth-order valence-corrected chi connectivity index (χ4v) is 3.29. The van der Waals surface area contributed by atoms with Crippen LogP contribution in [0.15, 0.2) is 24.4 Å². The molecular formula is C13H17NO. The number of hydrogen-bond donors (Lipinski definition) is 0. The third kappa shape index (κ3) is 1.52. The number of nitrogens with zero attached hydrogens (tertiary/aromatic N) is 1. The van der Waals surface area contributed by atoms with Crippen LogP contribution in [0.2, 0.25) is 0 Å². The summed E-state index contributed by atoms with van der Waals surface area (Å²) in [6.45, 7) is 1.14. The van der Waals surface area contributed by atoms with E-state index in [1.807, 2.05) is 6.20 Å². The Bertz CT molecular complexity index is 331. The smallest absolute Gasteiger partial charge is 0.159 e. The van der Waals surface area contributed by atoms with Crippen LogP contribution in [0, 0.1) is 11.8 Å². The molecule has 2 nitrogen and oxygen atoms in total. The van der Waals surface area contributed by atoms with Gasteiger partial charge in [-0.25, -0.2) is 0 Å². The van der Waals surface area contributed by atoms with Crippen LogP contribution in [0.25, 0.3) is 0 Å². The molecule has 0 N–H and O–H groups in total. The zero-order valence-corrected chi connectivity index (χ0v) is 8.93. The van der Waals surface area contributed by atoms with E-state index in [1.165, 1.54) is 19.3 Å². The lowest BCUT2D eigenvalue weighted by Gasteiger charge is -2.46. The average Bonchev–Trinajstić information content (AvgIpc) is 2.29. The molecule has 0 bridgehead atoms. The Morgan fingerprint density at radius 2 is 2.27 bits per heavy atom. The molecule has 0 aromatic rings. The van der Waals surface area contributed by atoms with Gasteiger partial charge in [-0.05, 0) is 31.3 Å². The molecule has 3 atom stereocenters. The van der Waals surface area contributed by atoms with E-state index in [2.05, 4.69) is 17.1 Å². The monoisotopic (exact) mass is 203 g/mol. The Morgan fingerprint density at radius 1 is 1.33 bits per heavy atom. The molecule has 2 aliphatic heterocycles. The Balaban J connectivity index is 1.88. The molecule has 0 aromatic heterocycles. The minimum absolute atomic E-state index is 0.302. The number of piperidine rings is 1. The van der Waals surface area contributed by atoms with E-state index in [1.54, 1.807) is 6.08 Å². The molecule has 80 valence electrons. The summed E-state index contributed by atoms with van der Waals surface area (Å²) in [7, 11) is 0. The normalized spacial score (nSPS) is 38.8. The minimum Gasteiger partial charge on any atom is -0.373 e. The number of fused-ring (bicyclic) bond motifs is 3. The van der Waals surface area contributed by atoms with Crippen molar-refractivity contribution in [3.8, 4) is 0 Å². The van der Waals surface area contributed by atoms with Gasteiger partial charge in [0, 0.05) is 31.1 Å². The fraction of sp³-hybridized carbons (Fsp3) is 0.615. The van der Waals surface area contributed by atoms with Gasteiger partial charge in [-0.3, -0.25) is 4.79 Å². The molecule has 1 aliphatic carbocycles. The molecular weight excluding hydrogens is 186 g/mol. The van der Waals surface area contributed by atoms with Crippen LogP contribution < -0.4 is 0 Å². The largest absolute Gasteiger partial charge is 0.373 e. The van der Waals surface area contributed by atoms with Crippen molar-refractivity contribution in [3.63, 3.8) is 0 Å². The van der Waals surface area contributed by atoms with Gasteiger partial charge in [-0.15, -0.1) is 0 Å². The molecule has 1 fully saturated rings. The van der Waals surface area contributed by atoms with Crippen molar-refractivity contribution >= 4 is 5.78 Å². The van der Waals surface area contributed by atoms with Crippen LogP contribution in [0.4, 0.5) is 0 Å². The first-order chi connectivity index (χ1) is 7.34. The lowest BCUT2D eigenvalue weighted by Crippen LogP contribution is -2.48. The third-order valence-corrected chi connectivity index (χ3v) is 4.10. The minimum atomic E-state index is 0.302. The SMILES string of the molecule is O=C1C=CN2CCC3CCC=CC3C2C1. The molecule has 3 unspecified atom stereocenters. The molecule has 1 saturated heterocycles. The van der Waals surface area contributed by atoms with E-state index in [4.69, 9.17) is 0 Å². The van der Waals surface area contributed by atoms with Crippen molar-refractivity contribution in [2.75, 3.05) is 6.54 Å². The highest BCUT2D eigenvalue weighted by Crippen LogP contribution is 2.38.